The van der Waals surface area contributed by atoms with E-state index in [1.165, 1.54) is 13.1 Å². The number of benzene rings is 1. The number of amides is 2. The number of ketones is 1. The van der Waals surface area contributed by atoms with Crippen molar-refractivity contribution in [3.63, 3.8) is 0 Å². The number of Topliss-reactive ketones (excluding diaryl/α,β-unsaturated/α-hetero) is 1. The molecule has 3 heterocycles. The van der Waals surface area contributed by atoms with E-state index in [4.69, 9.17) is 13.6 Å². The fourth-order valence-electron chi connectivity index (χ4n) is 3.36. The van der Waals surface area contributed by atoms with Gasteiger partial charge in [0.05, 0.1) is 25.0 Å². The van der Waals surface area contributed by atoms with Crippen LogP contribution in [0.1, 0.15) is 60.4 Å². The molecule has 2 N–H and O–H groups in total. The molecule has 0 fully saturated rings. The third kappa shape index (κ3) is 6.72. The molecule has 0 saturated carbocycles. The summed E-state index contributed by atoms with van der Waals surface area (Å²) >= 11 is 0. The number of ether oxygens (including phenoxy) is 1. The van der Waals surface area contributed by atoms with Gasteiger partial charge < -0.3 is 24.2 Å². The van der Waals surface area contributed by atoms with Gasteiger partial charge in [0.25, 0.3) is 5.91 Å². The summed E-state index contributed by atoms with van der Waals surface area (Å²) in [6.07, 6.45) is 2.48. The van der Waals surface area contributed by atoms with Gasteiger partial charge in [-0.05, 0) is 32.9 Å². The van der Waals surface area contributed by atoms with Crippen LogP contribution in [0.4, 0.5) is 10.5 Å². The SMILES string of the molecule is CC(=O)c1ccc(Cn2cc(NC(=O)c3nc(CNC(=O)OC(C)(C)C)oc3-c3ccccc3)cn2)o1. The highest BCUT2D eigenvalue weighted by Crippen LogP contribution is 2.26. The summed E-state index contributed by atoms with van der Waals surface area (Å²) < 4.78 is 18.1. The van der Waals surface area contributed by atoms with Crippen molar-refractivity contribution < 1.29 is 28.0 Å². The molecule has 2 amide bonds. The number of carbonyl (C=O) groups excluding carboxylic acids is 3. The van der Waals surface area contributed by atoms with Crippen LogP contribution in [0.5, 0.6) is 0 Å². The van der Waals surface area contributed by atoms with Crippen LogP contribution in [0, 0.1) is 0 Å². The Bertz CT molecular complexity index is 1410. The Balaban J connectivity index is 1.49. The van der Waals surface area contributed by atoms with E-state index in [1.54, 1.807) is 55.9 Å². The van der Waals surface area contributed by atoms with Gasteiger partial charge in [-0.25, -0.2) is 9.78 Å². The monoisotopic (exact) mass is 505 g/mol. The number of hydrogen-bond acceptors (Lipinski definition) is 8. The molecule has 0 aliphatic carbocycles. The highest BCUT2D eigenvalue weighted by Gasteiger charge is 2.23. The average Bonchev–Trinajstić information content (AvgIpc) is 3.57. The predicted molar refractivity (Wildman–Crippen MR) is 133 cm³/mol. The number of alkyl carbamates (subject to hydrolysis) is 1. The van der Waals surface area contributed by atoms with Crippen LogP contribution < -0.4 is 10.6 Å². The van der Waals surface area contributed by atoms with Crippen molar-refractivity contribution in [2.75, 3.05) is 5.32 Å². The highest BCUT2D eigenvalue weighted by molar-refractivity contribution is 6.06. The van der Waals surface area contributed by atoms with E-state index < -0.39 is 17.6 Å². The molecule has 0 atom stereocenters. The molecule has 0 saturated heterocycles. The van der Waals surface area contributed by atoms with Gasteiger partial charge in [-0.3, -0.25) is 14.3 Å². The van der Waals surface area contributed by atoms with Crippen LogP contribution in [-0.4, -0.2) is 38.1 Å². The molecule has 37 heavy (non-hydrogen) atoms. The summed E-state index contributed by atoms with van der Waals surface area (Å²) in [6.45, 7) is 6.92. The lowest BCUT2D eigenvalue weighted by molar-refractivity contribution is 0.0518. The maximum atomic E-state index is 13.2. The van der Waals surface area contributed by atoms with E-state index in [2.05, 4.69) is 20.7 Å². The van der Waals surface area contributed by atoms with Crippen molar-refractivity contribution in [1.29, 1.82) is 0 Å². The molecule has 0 radical (unpaired) electrons. The van der Waals surface area contributed by atoms with Crippen LogP contribution in [0.25, 0.3) is 11.3 Å². The number of carbonyl (C=O) groups is 3. The van der Waals surface area contributed by atoms with Crippen LogP contribution in [0.2, 0.25) is 0 Å². The number of rotatable bonds is 8. The number of nitrogens with one attached hydrogen (secondary N) is 2. The number of nitrogens with zero attached hydrogens (tertiary/aromatic N) is 3. The number of oxazole rings is 1. The summed E-state index contributed by atoms with van der Waals surface area (Å²) in [7, 11) is 0. The molecular weight excluding hydrogens is 478 g/mol. The molecule has 0 unspecified atom stereocenters. The maximum Gasteiger partial charge on any atom is 0.408 e. The number of aromatic nitrogens is 3. The Morgan fingerprint density at radius 2 is 1.81 bits per heavy atom. The first-order valence-corrected chi connectivity index (χ1v) is 11.5. The highest BCUT2D eigenvalue weighted by atomic mass is 16.6. The Morgan fingerprint density at radius 3 is 2.49 bits per heavy atom. The summed E-state index contributed by atoms with van der Waals surface area (Å²) in [5.41, 5.74) is 0.479. The van der Waals surface area contributed by atoms with Gasteiger partial charge in [0.15, 0.2) is 23.0 Å². The summed E-state index contributed by atoms with van der Waals surface area (Å²) in [5, 5.41) is 9.57. The van der Waals surface area contributed by atoms with E-state index in [0.29, 0.717) is 17.0 Å². The second-order valence-electron chi connectivity index (χ2n) is 9.21. The standard InChI is InChI=1S/C26H27N5O6/c1-16(32)20-11-10-19(35-20)15-31-14-18(12-28-31)29-24(33)22-23(17-8-6-5-7-9-17)36-21(30-22)13-27-25(34)37-26(2,3)4/h5-12,14H,13,15H2,1-4H3,(H,27,34)(H,29,33). The molecule has 192 valence electrons. The molecule has 1 aromatic carbocycles. The fourth-order valence-corrected chi connectivity index (χ4v) is 3.36. The summed E-state index contributed by atoms with van der Waals surface area (Å²) in [6, 6.07) is 12.4. The fraction of sp³-hybridized carbons (Fsp3) is 0.269. The van der Waals surface area contributed by atoms with Crippen LogP contribution in [-0.2, 0) is 17.8 Å². The molecule has 11 heteroatoms. The van der Waals surface area contributed by atoms with Gasteiger partial charge in [-0.2, -0.15) is 5.10 Å². The van der Waals surface area contributed by atoms with E-state index in [1.807, 2.05) is 18.2 Å². The topological polar surface area (TPSA) is 141 Å². The van der Waals surface area contributed by atoms with Gasteiger partial charge in [0.1, 0.15) is 11.4 Å². The summed E-state index contributed by atoms with van der Waals surface area (Å²) in [5.74, 6) is 0.552. The first-order chi connectivity index (χ1) is 17.6. The van der Waals surface area contributed by atoms with E-state index in [9.17, 15) is 14.4 Å². The number of furan rings is 1. The van der Waals surface area contributed by atoms with Gasteiger partial charge in [0, 0.05) is 18.7 Å². The van der Waals surface area contributed by atoms with Crippen molar-refractivity contribution in [2.24, 2.45) is 0 Å². The second kappa shape index (κ2) is 10.5. The van der Waals surface area contributed by atoms with Crippen molar-refractivity contribution in [3.8, 4) is 11.3 Å². The zero-order chi connectivity index (χ0) is 26.6. The first kappa shape index (κ1) is 25.4. The Morgan fingerprint density at radius 1 is 1.05 bits per heavy atom. The third-order valence-corrected chi connectivity index (χ3v) is 4.92. The number of hydrogen-bond donors (Lipinski definition) is 2. The molecule has 11 nitrogen and oxygen atoms in total. The van der Waals surface area contributed by atoms with Crippen molar-refractivity contribution >= 4 is 23.5 Å². The van der Waals surface area contributed by atoms with Crippen molar-refractivity contribution in [3.05, 3.63) is 78.0 Å². The third-order valence-electron chi connectivity index (χ3n) is 4.92. The molecular formula is C26H27N5O6. The lowest BCUT2D eigenvalue weighted by atomic mass is 10.1. The minimum atomic E-state index is -0.655. The van der Waals surface area contributed by atoms with Crippen molar-refractivity contribution in [1.82, 2.24) is 20.1 Å². The molecule has 0 bridgehead atoms. The van der Waals surface area contributed by atoms with Crippen molar-refractivity contribution in [2.45, 2.75) is 46.4 Å². The van der Waals surface area contributed by atoms with Crippen LogP contribution in [0.15, 0.2) is 63.7 Å². The minimum absolute atomic E-state index is 0.0528. The molecule has 3 aromatic heterocycles. The molecule has 0 spiro atoms. The largest absolute Gasteiger partial charge is 0.456 e. The molecule has 0 aliphatic rings. The lowest BCUT2D eigenvalue weighted by Crippen LogP contribution is -2.32. The van der Waals surface area contributed by atoms with Gasteiger partial charge in [0.2, 0.25) is 5.89 Å². The van der Waals surface area contributed by atoms with Gasteiger partial charge in [-0.1, -0.05) is 30.3 Å². The molecule has 0 aliphatic heterocycles. The van der Waals surface area contributed by atoms with Crippen LogP contribution >= 0.6 is 0 Å². The number of anilines is 1. The quantitative estimate of drug-likeness (QED) is 0.329. The maximum absolute atomic E-state index is 13.2. The van der Waals surface area contributed by atoms with E-state index >= 15 is 0 Å². The van der Waals surface area contributed by atoms with E-state index in [0.717, 1.165) is 0 Å². The average molecular weight is 506 g/mol. The summed E-state index contributed by atoms with van der Waals surface area (Å²) in [4.78, 5) is 40.9. The smallest absolute Gasteiger partial charge is 0.408 e. The lowest BCUT2D eigenvalue weighted by Gasteiger charge is -2.19. The van der Waals surface area contributed by atoms with Gasteiger partial charge in [-0.15, -0.1) is 0 Å². The Labute approximate surface area is 212 Å². The zero-order valence-electron chi connectivity index (χ0n) is 20.9. The van der Waals surface area contributed by atoms with Crippen LogP contribution in [0.3, 0.4) is 0 Å². The Kier molecular flexibility index (Phi) is 7.23. The minimum Gasteiger partial charge on any atom is -0.456 e. The second-order valence-corrected chi connectivity index (χ2v) is 9.21. The van der Waals surface area contributed by atoms with Gasteiger partial charge >= 0.3 is 6.09 Å². The molecule has 4 rings (SSSR count). The normalized spacial score (nSPS) is 11.2. The predicted octanol–water partition coefficient (Wildman–Crippen LogP) is 4.66. The first-order valence-electron chi connectivity index (χ1n) is 11.5. The van der Waals surface area contributed by atoms with E-state index in [-0.39, 0.29) is 42.0 Å². The zero-order valence-corrected chi connectivity index (χ0v) is 20.9. The Hall–Kier alpha value is -4.67. The molecule has 4 aromatic rings.